The van der Waals surface area contributed by atoms with Crippen LogP contribution in [0.1, 0.15) is 19.3 Å². The van der Waals surface area contributed by atoms with Gasteiger partial charge in [0, 0.05) is 12.1 Å². The Morgan fingerprint density at radius 1 is 1.33 bits per heavy atom. The number of H-pyrrole nitrogens is 1. The number of nitrogens with zero attached hydrogens (tertiary/aromatic N) is 2. The van der Waals surface area contributed by atoms with Crippen molar-refractivity contribution in [1.29, 1.82) is 0 Å². The number of nitrogens with one attached hydrogen (secondary N) is 1. The third kappa shape index (κ3) is 1.71. The normalized spacial score (nSPS) is 18.2. The van der Waals surface area contributed by atoms with Gasteiger partial charge in [-0.3, -0.25) is 0 Å². The van der Waals surface area contributed by atoms with Crippen molar-refractivity contribution in [2.45, 2.75) is 31.3 Å². The van der Waals surface area contributed by atoms with Crippen LogP contribution < -0.4 is 0 Å². The molecule has 18 heavy (non-hydrogen) atoms. The summed E-state index contributed by atoms with van der Waals surface area (Å²) in [5.41, 5.74) is 2.65. The van der Waals surface area contributed by atoms with Crippen LogP contribution in [-0.4, -0.2) is 34.1 Å². The van der Waals surface area contributed by atoms with Crippen molar-refractivity contribution < 1.29 is 0 Å². The smallest absolute Gasteiger partial charge is 0.178 e. The fourth-order valence-electron chi connectivity index (χ4n) is 2.89. The number of para-hydroxylation sites is 2. The molecule has 96 valence electrons. The molecule has 2 aromatic rings. The molecule has 0 bridgehead atoms. The number of rotatable bonds is 3. The van der Waals surface area contributed by atoms with Crippen molar-refractivity contribution >= 4 is 23.3 Å². The number of imidazole rings is 1. The van der Waals surface area contributed by atoms with Gasteiger partial charge in [-0.15, -0.1) is 0 Å². The second-order valence-corrected chi connectivity index (χ2v) is 5.89. The molecule has 4 heteroatoms. The fraction of sp³-hybridized carbons (Fsp3) is 0.500. The molecule has 0 unspecified atom stereocenters. The Morgan fingerprint density at radius 3 is 2.67 bits per heavy atom. The van der Waals surface area contributed by atoms with E-state index in [9.17, 15) is 0 Å². The number of hydrogen-bond donors (Lipinski definition) is 1. The van der Waals surface area contributed by atoms with E-state index in [0.717, 1.165) is 16.8 Å². The second kappa shape index (κ2) is 4.21. The van der Waals surface area contributed by atoms with Crippen molar-refractivity contribution in [2.75, 3.05) is 14.1 Å². The molecule has 1 saturated carbocycles. The largest absolute Gasteiger partial charge is 0.331 e. The zero-order valence-corrected chi connectivity index (χ0v) is 11.8. The average Bonchev–Trinajstić information content (AvgIpc) is 2.59. The summed E-state index contributed by atoms with van der Waals surface area (Å²) in [4.78, 5) is 5.66. The maximum absolute atomic E-state index is 5.47. The van der Waals surface area contributed by atoms with Crippen LogP contribution in [0.25, 0.3) is 11.0 Å². The van der Waals surface area contributed by atoms with Crippen LogP contribution in [0.4, 0.5) is 0 Å². The molecule has 0 aliphatic heterocycles. The van der Waals surface area contributed by atoms with Gasteiger partial charge in [0.2, 0.25) is 0 Å². The first-order valence-corrected chi connectivity index (χ1v) is 6.88. The highest BCUT2D eigenvalue weighted by Gasteiger charge is 2.39. The van der Waals surface area contributed by atoms with Crippen molar-refractivity contribution in [3.05, 3.63) is 29.0 Å². The van der Waals surface area contributed by atoms with Gasteiger partial charge in [-0.05, 0) is 57.7 Å². The summed E-state index contributed by atoms with van der Waals surface area (Å²) >= 11 is 5.47. The van der Waals surface area contributed by atoms with E-state index in [1.54, 1.807) is 0 Å². The molecular formula is C14H19N3S. The first-order valence-electron chi connectivity index (χ1n) is 6.47. The van der Waals surface area contributed by atoms with E-state index in [1.165, 1.54) is 24.8 Å². The van der Waals surface area contributed by atoms with Crippen molar-refractivity contribution in [1.82, 2.24) is 14.5 Å². The predicted octanol–water partition coefficient (Wildman–Crippen LogP) is 3.18. The Morgan fingerprint density at radius 2 is 2.06 bits per heavy atom. The van der Waals surface area contributed by atoms with Crippen molar-refractivity contribution in [3.8, 4) is 0 Å². The van der Waals surface area contributed by atoms with E-state index in [1.807, 2.05) is 6.07 Å². The van der Waals surface area contributed by atoms with Crippen LogP contribution in [0.3, 0.4) is 0 Å². The minimum atomic E-state index is 0.295. The number of fused-ring (bicyclic) bond motifs is 1. The molecule has 3 rings (SSSR count). The maximum Gasteiger partial charge on any atom is 0.178 e. The number of hydrogen-bond acceptors (Lipinski definition) is 2. The maximum atomic E-state index is 5.47. The lowest BCUT2D eigenvalue weighted by molar-refractivity contribution is 0.0431. The highest BCUT2D eigenvalue weighted by molar-refractivity contribution is 7.71. The summed E-state index contributed by atoms with van der Waals surface area (Å²) < 4.78 is 3.09. The number of likely N-dealkylation sites (N-methyl/N-ethyl adjacent to an activating group) is 1. The van der Waals surface area contributed by atoms with Gasteiger partial charge >= 0.3 is 0 Å². The van der Waals surface area contributed by atoms with Gasteiger partial charge in [0.25, 0.3) is 0 Å². The Hall–Kier alpha value is -1.13. The third-order valence-corrected chi connectivity index (χ3v) is 4.69. The first-order chi connectivity index (χ1) is 8.62. The molecule has 1 fully saturated rings. The summed E-state index contributed by atoms with van der Waals surface area (Å²) in [6.07, 6.45) is 3.86. The SMILES string of the molecule is CN(C)C1(Cn2c(=S)[nH]c3ccccc32)CCC1. The Labute approximate surface area is 112 Å². The summed E-state index contributed by atoms with van der Waals surface area (Å²) in [5.74, 6) is 0. The monoisotopic (exact) mass is 261 g/mol. The highest BCUT2D eigenvalue weighted by Crippen LogP contribution is 2.38. The molecule has 1 aromatic carbocycles. The molecule has 3 nitrogen and oxygen atoms in total. The van der Waals surface area contributed by atoms with Gasteiger partial charge in [0.05, 0.1) is 11.0 Å². The summed E-state index contributed by atoms with van der Waals surface area (Å²) in [7, 11) is 4.36. The average molecular weight is 261 g/mol. The molecule has 1 aromatic heterocycles. The Balaban J connectivity index is 2.05. The van der Waals surface area contributed by atoms with E-state index < -0.39 is 0 Å². The minimum absolute atomic E-state index is 0.295. The third-order valence-electron chi connectivity index (χ3n) is 4.37. The number of aromatic amines is 1. The molecule has 0 atom stereocenters. The predicted molar refractivity (Wildman–Crippen MR) is 77.4 cm³/mol. The minimum Gasteiger partial charge on any atom is -0.331 e. The van der Waals surface area contributed by atoms with Crippen LogP contribution in [0.2, 0.25) is 0 Å². The molecule has 0 amide bonds. The second-order valence-electron chi connectivity index (χ2n) is 5.51. The van der Waals surface area contributed by atoms with E-state index in [0.29, 0.717) is 5.54 Å². The summed E-state index contributed by atoms with van der Waals surface area (Å²) in [6.45, 7) is 0.989. The van der Waals surface area contributed by atoms with Gasteiger partial charge in [0.15, 0.2) is 4.77 Å². The van der Waals surface area contributed by atoms with Gasteiger partial charge < -0.3 is 14.5 Å². The van der Waals surface area contributed by atoms with E-state index in [4.69, 9.17) is 12.2 Å². The van der Waals surface area contributed by atoms with E-state index in [2.05, 4.69) is 46.7 Å². The molecule has 1 aliphatic rings. The molecule has 0 spiro atoms. The lowest BCUT2D eigenvalue weighted by Crippen LogP contribution is -2.53. The van der Waals surface area contributed by atoms with Crippen LogP contribution in [0.5, 0.6) is 0 Å². The first kappa shape index (κ1) is 11.9. The van der Waals surface area contributed by atoms with Crippen LogP contribution in [0, 0.1) is 4.77 Å². The number of benzene rings is 1. The summed E-state index contributed by atoms with van der Waals surface area (Å²) in [6, 6.07) is 8.35. The van der Waals surface area contributed by atoms with Crippen LogP contribution >= 0.6 is 12.2 Å². The lowest BCUT2D eigenvalue weighted by atomic mass is 9.75. The van der Waals surface area contributed by atoms with Crippen LogP contribution in [0.15, 0.2) is 24.3 Å². The van der Waals surface area contributed by atoms with Gasteiger partial charge in [-0.2, -0.15) is 0 Å². The van der Waals surface area contributed by atoms with Gasteiger partial charge in [0.1, 0.15) is 0 Å². The van der Waals surface area contributed by atoms with Gasteiger partial charge in [-0.25, -0.2) is 0 Å². The topological polar surface area (TPSA) is 24.0 Å². The Bertz CT molecular complexity index is 619. The molecule has 0 radical (unpaired) electrons. The van der Waals surface area contributed by atoms with Crippen molar-refractivity contribution in [2.24, 2.45) is 0 Å². The van der Waals surface area contributed by atoms with E-state index in [-0.39, 0.29) is 0 Å². The highest BCUT2D eigenvalue weighted by atomic mass is 32.1. The molecule has 0 saturated heterocycles. The number of aromatic nitrogens is 2. The lowest BCUT2D eigenvalue weighted by Gasteiger charge is -2.47. The van der Waals surface area contributed by atoms with Gasteiger partial charge in [-0.1, -0.05) is 12.1 Å². The molecule has 1 heterocycles. The van der Waals surface area contributed by atoms with E-state index >= 15 is 0 Å². The molecular weight excluding hydrogens is 242 g/mol. The van der Waals surface area contributed by atoms with Crippen LogP contribution in [-0.2, 0) is 6.54 Å². The zero-order chi connectivity index (χ0) is 12.8. The van der Waals surface area contributed by atoms with Crippen molar-refractivity contribution in [3.63, 3.8) is 0 Å². The fourth-order valence-corrected chi connectivity index (χ4v) is 3.16. The molecule has 1 N–H and O–H groups in total. The Kier molecular flexibility index (Phi) is 2.79. The standard InChI is InChI=1S/C14H19N3S/c1-16(2)14(8-5-9-14)10-17-12-7-4-3-6-11(12)15-13(17)18/h3-4,6-7H,5,8-10H2,1-2H3,(H,15,18). The quantitative estimate of drug-likeness (QED) is 0.858. The summed E-state index contributed by atoms with van der Waals surface area (Å²) in [5, 5.41) is 0. The molecule has 1 aliphatic carbocycles. The zero-order valence-electron chi connectivity index (χ0n) is 10.9.